The van der Waals surface area contributed by atoms with Gasteiger partial charge in [-0.15, -0.1) is 0 Å². The zero-order valence-corrected chi connectivity index (χ0v) is 10.7. The molecule has 1 aliphatic rings. The molecule has 0 saturated carbocycles. The summed E-state index contributed by atoms with van der Waals surface area (Å²) in [6.45, 7) is 0. The van der Waals surface area contributed by atoms with Crippen LogP contribution >= 0.6 is 0 Å². The fourth-order valence-corrected chi connectivity index (χ4v) is 2.59. The van der Waals surface area contributed by atoms with Crippen molar-refractivity contribution in [1.29, 1.82) is 0 Å². The summed E-state index contributed by atoms with van der Waals surface area (Å²) in [5.41, 5.74) is 0.527. The van der Waals surface area contributed by atoms with Gasteiger partial charge in [0.05, 0.1) is 11.5 Å². The van der Waals surface area contributed by atoms with Crippen LogP contribution in [0.25, 0.3) is 0 Å². The van der Waals surface area contributed by atoms with E-state index in [4.69, 9.17) is 0 Å². The monoisotopic (exact) mass is 294 g/mol. The number of halogens is 4. The van der Waals surface area contributed by atoms with Crippen LogP contribution in [0, 0.1) is 5.82 Å². The molecule has 21 heavy (non-hydrogen) atoms. The Morgan fingerprint density at radius 2 is 1.81 bits per heavy atom. The van der Waals surface area contributed by atoms with E-state index in [-0.39, 0.29) is 11.3 Å². The van der Waals surface area contributed by atoms with Gasteiger partial charge in [-0.05, 0) is 29.7 Å². The second-order valence-electron chi connectivity index (χ2n) is 5.01. The number of fused-ring (bicyclic) bond motifs is 1. The van der Waals surface area contributed by atoms with Gasteiger partial charge in [0.15, 0.2) is 5.78 Å². The van der Waals surface area contributed by atoms with Crippen LogP contribution in [0.2, 0.25) is 0 Å². The van der Waals surface area contributed by atoms with E-state index in [2.05, 4.69) is 0 Å². The van der Waals surface area contributed by atoms with Crippen LogP contribution < -0.4 is 0 Å². The molecule has 0 radical (unpaired) electrons. The lowest BCUT2D eigenvalue weighted by Gasteiger charge is -2.28. The van der Waals surface area contributed by atoms with E-state index >= 15 is 0 Å². The number of Topliss-reactive ketones (excluding diaryl/α,β-unsaturated/α-hetero) is 1. The summed E-state index contributed by atoms with van der Waals surface area (Å²) in [5.74, 6) is -2.15. The first-order valence-electron chi connectivity index (χ1n) is 6.36. The fourth-order valence-electron chi connectivity index (χ4n) is 2.59. The van der Waals surface area contributed by atoms with Crippen molar-refractivity contribution < 1.29 is 22.4 Å². The largest absolute Gasteiger partial charge is 0.419 e. The Morgan fingerprint density at radius 1 is 1.10 bits per heavy atom. The molecule has 3 rings (SSSR count). The van der Waals surface area contributed by atoms with Gasteiger partial charge in [0, 0.05) is 5.56 Å². The zero-order valence-electron chi connectivity index (χ0n) is 10.7. The van der Waals surface area contributed by atoms with Crippen LogP contribution in [-0.4, -0.2) is 5.78 Å². The highest BCUT2D eigenvalue weighted by molar-refractivity contribution is 6.02. The molecule has 0 spiro atoms. The highest BCUT2D eigenvalue weighted by atomic mass is 19.4. The van der Waals surface area contributed by atoms with Gasteiger partial charge in [0.1, 0.15) is 5.82 Å². The summed E-state index contributed by atoms with van der Waals surface area (Å²) in [4.78, 5) is 12.3. The van der Waals surface area contributed by atoms with Crippen LogP contribution in [0.4, 0.5) is 17.6 Å². The molecule has 1 unspecified atom stereocenters. The van der Waals surface area contributed by atoms with E-state index in [1.807, 2.05) is 18.2 Å². The fraction of sp³-hybridized carbons (Fsp3) is 0.188. The van der Waals surface area contributed by atoms with Crippen molar-refractivity contribution in [2.45, 2.75) is 18.5 Å². The molecule has 1 atom stereocenters. The molecule has 108 valence electrons. The Labute approximate surface area is 118 Å². The van der Waals surface area contributed by atoms with Gasteiger partial charge in [-0.1, -0.05) is 30.3 Å². The van der Waals surface area contributed by atoms with Gasteiger partial charge in [-0.25, -0.2) is 4.39 Å². The standard InChI is InChI=1S/C16H10F4O/c17-14-8-10(5-6-13(14)16(18,19)20)15(21)12-7-9-3-1-2-4-11(9)12/h1-6,8,12H,7H2. The first-order valence-corrected chi connectivity index (χ1v) is 6.36. The summed E-state index contributed by atoms with van der Waals surface area (Å²) < 4.78 is 51.0. The van der Waals surface area contributed by atoms with Gasteiger partial charge < -0.3 is 0 Å². The lowest BCUT2D eigenvalue weighted by atomic mass is 9.74. The smallest absolute Gasteiger partial charge is 0.293 e. The third kappa shape index (κ3) is 2.33. The number of hydrogen-bond acceptors (Lipinski definition) is 1. The summed E-state index contributed by atoms with van der Waals surface area (Å²) in [6.07, 6.45) is -4.22. The minimum Gasteiger partial charge on any atom is -0.293 e. The first kappa shape index (κ1) is 13.8. The average Bonchev–Trinajstić information content (AvgIpc) is 2.38. The number of alkyl halides is 3. The van der Waals surface area contributed by atoms with Crippen molar-refractivity contribution in [1.82, 2.24) is 0 Å². The molecule has 0 bridgehead atoms. The van der Waals surface area contributed by atoms with Crippen molar-refractivity contribution in [2.75, 3.05) is 0 Å². The summed E-state index contributed by atoms with van der Waals surface area (Å²) in [6, 6.07) is 9.69. The zero-order chi connectivity index (χ0) is 15.2. The number of ketones is 1. The number of rotatable bonds is 2. The molecule has 0 N–H and O–H groups in total. The molecule has 2 aromatic rings. The number of carbonyl (C=O) groups is 1. The number of benzene rings is 2. The van der Waals surface area contributed by atoms with E-state index in [9.17, 15) is 22.4 Å². The van der Waals surface area contributed by atoms with Crippen molar-refractivity contribution in [3.05, 3.63) is 70.5 Å². The third-order valence-corrected chi connectivity index (χ3v) is 3.73. The Kier molecular flexibility index (Phi) is 3.08. The van der Waals surface area contributed by atoms with Crippen molar-refractivity contribution >= 4 is 5.78 Å². The van der Waals surface area contributed by atoms with Crippen LogP contribution in [0.15, 0.2) is 42.5 Å². The molecule has 1 aliphatic carbocycles. The van der Waals surface area contributed by atoms with Gasteiger partial charge >= 0.3 is 6.18 Å². The maximum absolute atomic E-state index is 13.5. The summed E-state index contributed by atoms with van der Waals surface area (Å²) in [7, 11) is 0. The Balaban J connectivity index is 1.89. The molecule has 5 heteroatoms. The molecular formula is C16H10F4O. The highest BCUT2D eigenvalue weighted by Gasteiger charge is 2.36. The van der Waals surface area contributed by atoms with Crippen molar-refractivity contribution in [3.8, 4) is 0 Å². The lowest BCUT2D eigenvalue weighted by molar-refractivity contribution is -0.140. The SMILES string of the molecule is O=C(c1ccc(C(F)(F)F)c(F)c1)C1Cc2ccccc21. The van der Waals surface area contributed by atoms with E-state index in [0.717, 1.165) is 17.2 Å². The molecule has 0 fully saturated rings. The van der Waals surface area contributed by atoms with Gasteiger partial charge in [-0.3, -0.25) is 4.79 Å². The highest BCUT2D eigenvalue weighted by Crippen LogP contribution is 2.38. The number of hydrogen-bond donors (Lipinski definition) is 0. The predicted octanol–water partition coefficient (Wildman–Crippen LogP) is 4.37. The van der Waals surface area contributed by atoms with Crippen molar-refractivity contribution in [3.63, 3.8) is 0 Å². The van der Waals surface area contributed by atoms with E-state index in [1.54, 1.807) is 6.07 Å². The Hall–Kier alpha value is -2.17. The average molecular weight is 294 g/mol. The molecule has 0 saturated heterocycles. The van der Waals surface area contributed by atoms with Crippen molar-refractivity contribution in [2.24, 2.45) is 0 Å². The molecule has 0 aromatic heterocycles. The van der Waals surface area contributed by atoms with E-state index in [0.29, 0.717) is 18.6 Å². The minimum atomic E-state index is -4.76. The molecule has 0 aliphatic heterocycles. The van der Waals surface area contributed by atoms with Crippen LogP contribution in [0.5, 0.6) is 0 Å². The van der Waals surface area contributed by atoms with Crippen LogP contribution in [-0.2, 0) is 12.6 Å². The molecular weight excluding hydrogens is 284 g/mol. The molecule has 2 aromatic carbocycles. The molecule has 1 nitrogen and oxygen atoms in total. The maximum atomic E-state index is 13.5. The summed E-state index contributed by atoms with van der Waals surface area (Å²) >= 11 is 0. The quantitative estimate of drug-likeness (QED) is 0.594. The van der Waals surface area contributed by atoms with Crippen LogP contribution in [0.3, 0.4) is 0 Å². The maximum Gasteiger partial charge on any atom is 0.419 e. The second-order valence-corrected chi connectivity index (χ2v) is 5.01. The third-order valence-electron chi connectivity index (χ3n) is 3.73. The molecule has 0 amide bonds. The Morgan fingerprint density at radius 3 is 2.43 bits per heavy atom. The van der Waals surface area contributed by atoms with Gasteiger partial charge in [0.2, 0.25) is 0 Å². The second kappa shape index (κ2) is 4.69. The van der Waals surface area contributed by atoms with Gasteiger partial charge in [-0.2, -0.15) is 13.2 Å². The Bertz CT molecular complexity index is 718. The van der Waals surface area contributed by atoms with E-state index in [1.165, 1.54) is 0 Å². The lowest BCUT2D eigenvalue weighted by Crippen LogP contribution is -2.25. The van der Waals surface area contributed by atoms with Crippen LogP contribution in [0.1, 0.15) is 33.0 Å². The first-order chi connectivity index (χ1) is 9.88. The normalized spacial score (nSPS) is 17.0. The van der Waals surface area contributed by atoms with Gasteiger partial charge in [0.25, 0.3) is 0 Å². The topological polar surface area (TPSA) is 17.1 Å². The minimum absolute atomic E-state index is 0.0278. The number of carbonyl (C=O) groups excluding carboxylic acids is 1. The predicted molar refractivity (Wildman–Crippen MR) is 68.6 cm³/mol. The molecule has 0 heterocycles. The summed E-state index contributed by atoms with van der Waals surface area (Å²) in [5, 5.41) is 0. The van der Waals surface area contributed by atoms with E-state index < -0.39 is 23.5 Å².